The molecular weight excluding hydrogens is 391 g/mol. The number of rotatable bonds is 4. The average Bonchev–Trinajstić information content (AvgIpc) is 3.22. The van der Waals surface area contributed by atoms with E-state index in [0.29, 0.717) is 28.5 Å². The highest BCUT2D eigenvalue weighted by Gasteiger charge is 2.13. The van der Waals surface area contributed by atoms with Crippen LogP contribution >= 0.6 is 11.6 Å². The van der Waals surface area contributed by atoms with Crippen molar-refractivity contribution in [2.45, 2.75) is 6.54 Å². The number of nitrogens with zero attached hydrogens (tertiary/aromatic N) is 4. The van der Waals surface area contributed by atoms with Gasteiger partial charge in [0.15, 0.2) is 11.5 Å². The number of para-hydroxylation sites is 1. The summed E-state index contributed by atoms with van der Waals surface area (Å²) in [5.41, 5.74) is 4.48. The van der Waals surface area contributed by atoms with Crippen LogP contribution in [0.1, 0.15) is 5.56 Å². The highest BCUT2D eigenvalue weighted by Crippen LogP contribution is 2.30. The monoisotopic (exact) mass is 404 g/mol. The van der Waals surface area contributed by atoms with Crippen LogP contribution in [-0.4, -0.2) is 24.9 Å². The van der Waals surface area contributed by atoms with Gasteiger partial charge in [-0.1, -0.05) is 23.7 Å². The van der Waals surface area contributed by atoms with Crippen LogP contribution in [0.3, 0.4) is 0 Å². The topological polar surface area (TPSA) is 79.4 Å². The highest BCUT2D eigenvalue weighted by molar-refractivity contribution is 6.35. The van der Waals surface area contributed by atoms with Crippen molar-refractivity contribution in [1.29, 1.82) is 0 Å². The zero-order valence-corrected chi connectivity index (χ0v) is 15.8. The molecule has 0 saturated carbocycles. The van der Waals surface area contributed by atoms with Gasteiger partial charge in [-0.3, -0.25) is 0 Å². The van der Waals surface area contributed by atoms with Crippen LogP contribution in [-0.2, 0) is 6.54 Å². The molecule has 0 saturated heterocycles. The van der Waals surface area contributed by atoms with Gasteiger partial charge in [0.2, 0.25) is 0 Å². The van der Waals surface area contributed by atoms with E-state index in [1.165, 1.54) is 18.5 Å². The Morgan fingerprint density at radius 2 is 1.90 bits per heavy atom. The summed E-state index contributed by atoms with van der Waals surface area (Å²) >= 11 is 6.35. The molecule has 6 nitrogen and oxygen atoms in total. The Balaban J connectivity index is 1.60. The minimum atomic E-state index is -0.296. The molecule has 0 aliphatic rings. The summed E-state index contributed by atoms with van der Waals surface area (Å²) in [4.78, 5) is 20.4. The van der Waals surface area contributed by atoms with E-state index in [-0.39, 0.29) is 5.82 Å². The van der Waals surface area contributed by atoms with E-state index in [1.807, 2.05) is 18.2 Å². The average molecular weight is 405 g/mol. The first-order valence-electron chi connectivity index (χ1n) is 8.91. The molecule has 29 heavy (non-hydrogen) atoms. The predicted molar refractivity (Wildman–Crippen MR) is 111 cm³/mol. The molecule has 0 bridgehead atoms. The van der Waals surface area contributed by atoms with Crippen molar-refractivity contribution in [3.63, 3.8) is 0 Å². The Morgan fingerprint density at radius 1 is 1.03 bits per heavy atom. The maximum Gasteiger partial charge on any atom is 0.182 e. The normalized spacial score (nSPS) is 11.2. The maximum absolute atomic E-state index is 13.4. The summed E-state index contributed by atoms with van der Waals surface area (Å²) in [6, 6.07) is 13.9. The lowest BCUT2D eigenvalue weighted by atomic mass is 10.0. The van der Waals surface area contributed by atoms with Crippen LogP contribution in [0.25, 0.3) is 33.3 Å². The number of aromatic amines is 1. The van der Waals surface area contributed by atoms with Gasteiger partial charge in [0.1, 0.15) is 17.7 Å². The first-order chi connectivity index (χ1) is 14.2. The SMILES string of the molecule is Fc1ccc(-c2nc3c(Cl)cccc3cc2CNc2ncnc3nc[nH]c23)cc1. The molecule has 3 aromatic heterocycles. The number of nitrogens with one attached hydrogen (secondary N) is 2. The number of H-pyrrole nitrogens is 1. The second-order valence-corrected chi connectivity index (χ2v) is 6.90. The van der Waals surface area contributed by atoms with Crippen molar-refractivity contribution in [2.24, 2.45) is 0 Å². The molecular formula is C21H14ClFN6. The number of hydrogen-bond donors (Lipinski definition) is 2. The van der Waals surface area contributed by atoms with Crippen molar-refractivity contribution in [3.8, 4) is 11.3 Å². The van der Waals surface area contributed by atoms with Crippen LogP contribution in [0, 0.1) is 5.82 Å². The molecule has 0 spiro atoms. The number of benzene rings is 2. The van der Waals surface area contributed by atoms with Crippen molar-refractivity contribution in [1.82, 2.24) is 24.9 Å². The van der Waals surface area contributed by atoms with E-state index < -0.39 is 0 Å². The number of aromatic nitrogens is 5. The van der Waals surface area contributed by atoms with Crippen molar-refractivity contribution in [2.75, 3.05) is 5.32 Å². The smallest absolute Gasteiger partial charge is 0.182 e. The fraction of sp³-hybridized carbons (Fsp3) is 0.0476. The van der Waals surface area contributed by atoms with Crippen molar-refractivity contribution in [3.05, 3.63) is 77.6 Å². The van der Waals surface area contributed by atoms with Gasteiger partial charge in [0, 0.05) is 17.5 Å². The van der Waals surface area contributed by atoms with E-state index in [0.717, 1.165) is 27.7 Å². The summed E-state index contributed by atoms with van der Waals surface area (Å²) in [5, 5.41) is 4.82. The van der Waals surface area contributed by atoms with Crippen molar-refractivity contribution < 1.29 is 4.39 Å². The number of pyridine rings is 1. The Labute approximate surface area is 169 Å². The third-order valence-electron chi connectivity index (χ3n) is 4.66. The van der Waals surface area contributed by atoms with E-state index in [4.69, 9.17) is 16.6 Å². The quantitative estimate of drug-likeness (QED) is 0.442. The lowest BCUT2D eigenvalue weighted by Crippen LogP contribution is -2.05. The van der Waals surface area contributed by atoms with Crippen LogP contribution in [0.15, 0.2) is 61.2 Å². The molecule has 0 fully saturated rings. The molecule has 5 aromatic rings. The number of hydrogen-bond acceptors (Lipinski definition) is 5. The van der Waals surface area contributed by atoms with E-state index in [9.17, 15) is 4.39 Å². The molecule has 3 heterocycles. The second kappa shape index (κ2) is 7.10. The van der Waals surface area contributed by atoms with Gasteiger partial charge < -0.3 is 10.3 Å². The van der Waals surface area contributed by atoms with Gasteiger partial charge in [-0.05, 0) is 42.0 Å². The lowest BCUT2D eigenvalue weighted by Gasteiger charge is -2.13. The van der Waals surface area contributed by atoms with Gasteiger partial charge >= 0.3 is 0 Å². The van der Waals surface area contributed by atoms with Gasteiger partial charge in [-0.25, -0.2) is 24.3 Å². The zero-order valence-electron chi connectivity index (χ0n) is 15.0. The van der Waals surface area contributed by atoms with Crippen molar-refractivity contribution >= 4 is 39.5 Å². The summed E-state index contributed by atoms with van der Waals surface area (Å²) in [5.74, 6) is 0.346. The van der Waals surface area contributed by atoms with Crippen LogP contribution in [0.5, 0.6) is 0 Å². The molecule has 0 aliphatic carbocycles. The zero-order chi connectivity index (χ0) is 19.8. The standard InChI is InChI=1S/C21H14ClFN6/c22-16-3-1-2-13-8-14(9-24-20-19-21(26-10-25-19)28-11-27-20)17(29-18(13)16)12-4-6-15(23)7-5-12/h1-8,10-11H,9H2,(H2,24,25,26,27,28). The maximum atomic E-state index is 13.4. The second-order valence-electron chi connectivity index (χ2n) is 6.49. The molecule has 0 aliphatic heterocycles. The van der Waals surface area contributed by atoms with E-state index >= 15 is 0 Å². The minimum absolute atomic E-state index is 0.296. The van der Waals surface area contributed by atoms with Crippen LogP contribution in [0.4, 0.5) is 10.2 Å². The Bertz CT molecular complexity index is 1330. The molecule has 2 aromatic carbocycles. The summed E-state index contributed by atoms with van der Waals surface area (Å²) in [6.07, 6.45) is 3.04. The van der Waals surface area contributed by atoms with Gasteiger partial charge in [0.25, 0.3) is 0 Å². The molecule has 0 radical (unpaired) electrons. The molecule has 0 atom stereocenters. The van der Waals surface area contributed by atoms with Gasteiger partial charge in [0.05, 0.1) is 22.6 Å². The fourth-order valence-corrected chi connectivity index (χ4v) is 3.50. The molecule has 8 heteroatoms. The lowest BCUT2D eigenvalue weighted by molar-refractivity contribution is 0.628. The van der Waals surface area contributed by atoms with E-state index in [1.54, 1.807) is 24.5 Å². The highest BCUT2D eigenvalue weighted by atomic mass is 35.5. The summed E-state index contributed by atoms with van der Waals surface area (Å²) in [6.45, 7) is 0.452. The number of halogens is 2. The minimum Gasteiger partial charge on any atom is -0.364 e. The molecule has 142 valence electrons. The number of imidazole rings is 1. The molecule has 0 amide bonds. The van der Waals surface area contributed by atoms with Gasteiger partial charge in [-0.15, -0.1) is 0 Å². The first kappa shape index (κ1) is 17.5. The third-order valence-corrected chi connectivity index (χ3v) is 4.97. The molecule has 0 unspecified atom stereocenters. The first-order valence-corrected chi connectivity index (χ1v) is 9.29. The van der Waals surface area contributed by atoms with E-state index in [2.05, 4.69) is 25.3 Å². The number of anilines is 1. The fourth-order valence-electron chi connectivity index (χ4n) is 3.28. The summed E-state index contributed by atoms with van der Waals surface area (Å²) < 4.78 is 13.4. The van der Waals surface area contributed by atoms with Crippen LogP contribution < -0.4 is 5.32 Å². The Hall–Kier alpha value is -3.58. The van der Waals surface area contributed by atoms with Gasteiger partial charge in [-0.2, -0.15) is 0 Å². The predicted octanol–water partition coefficient (Wildman–Crippen LogP) is 4.97. The molecule has 5 rings (SSSR count). The van der Waals surface area contributed by atoms with Crippen LogP contribution in [0.2, 0.25) is 5.02 Å². The molecule has 2 N–H and O–H groups in total. The summed E-state index contributed by atoms with van der Waals surface area (Å²) in [7, 11) is 0. The largest absolute Gasteiger partial charge is 0.364 e. The number of fused-ring (bicyclic) bond motifs is 2. The Morgan fingerprint density at radius 3 is 2.76 bits per heavy atom. The third kappa shape index (κ3) is 3.25. The Kier molecular flexibility index (Phi) is 4.29.